The molecule has 0 bridgehead atoms. The highest BCUT2D eigenvalue weighted by atomic mass is 16.5. The fourth-order valence-electron chi connectivity index (χ4n) is 1.52. The Kier molecular flexibility index (Phi) is 3.22. The van der Waals surface area contributed by atoms with E-state index < -0.39 is 0 Å². The van der Waals surface area contributed by atoms with E-state index in [1.165, 1.54) is 6.39 Å². The highest BCUT2D eigenvalue weighted by molar-refractivity contribution is 5.60. The van der Waals surface area contributed by atoms with E-state index in [0.717, 1.165) is 22.8 Å². The molecule has 2 aromatic rings. The van der Waals surface area contributed by atoms with Gasteiger partial charge in [0.15, 0.2) is 12.2 Å². The number of oxazole rings is 1. The molecule has 0 aliphatic carbocycles. The van der Waals surface area contributed by atoms with Gasteiger partial charge in [0.2, 0.25) is 0 Å². The Bertz CT molecular complexity index is 448. The van der Waals surface area contributed by atoms with Gasteiger partial charge in [0.25, 0.3) is 0 Å². The van der Waals surface area contributed by atoms with Crippen molar-refractivity contribution < 1.29 is 9.15 Å². The second-order valence-corrected chi connectivity index (χ2v) is 3.29. The molecule has 0 aliphatic rings. The molecule has 0 atom stereocenters. The Morgan fingerprint density at radius 1 is 1.31 bits per heavy atom. The summed E-state index contributed by atoms with van der Waals surface area (Å²) < 4.78 is 10.7. The van der Waals surface area contributed by atoms with Crippen molar-refractivity contribution in [1.29, 1.82) is 0 Å². The Morgan fingerprint density at radius 2 is 2.06 bits per heavy atom. The maximum absolute atomic E-state index is 5.56. The van der Waals surface area contributed by atoms with Crippen molar-refractivity contribution >= 4 is 0 Å². The third-order valence-electron chi connectivity index (χ3n) is 2.26. The normalized spacial score (nSPS) is 10.4. The molecule has 2 N–H and O–H groups in total. The number of hydrogen-bond acceptors (Lipinski definition) is 4. The molecule has 4 heteroatoms. The van der Waals surface area contributed by atoms with Crippen molar-refractivity contribution in [3.8, 4) is 17.1 Å². The second kappa shape index (κ2) is 4.81. The predicted octanol–water partition coefficient (Wildman–Crippen LogP) is 2.20. The first-order valence-electron chi connectivity index (χ1n) is 5.20. The first-order chi connectivity index (χ1) is 7.85. The monoisotopic (exact) mass is 218 g/mol. The van der Waals surface area contributed by atoms with E-state index in [9.17, 15) is 0 Å². The molecule has 1 aromatic heterocycles. The van der Waals surface area contributed by atoms with Crippen LogP contribution in [0.2, 0.25) is 0 Å². The van der Waals surface area contributed by atoms with Gasteiger partial charge in [0.05, 0.1) is 6.61 Å². The molecular formula is C12H14N2O2. The van der Waals surface area contributed by atoms with Crippen molar-refractivity contribution in [1.82, 2.24) is 4.98 Å². The predicted molar refractivity (Wildman–Crippen MR) is 61.0 cm³/mol. The van der Waals surface area contributed by atoms with Crippen molar-refractivity contribution in [2.45, 2.75) is 13.5 Å². The summed E-state index contributed by atoms with van der Waals surface area (Å²) in [5.41, 5.74) is 7.29. The molecule has 0 aliphatic heterocycles. The lowest BCUT2D eigenvalue weighted by atomic mass is 10.1. The van der Waals surface area contributed by atoms with Crippen LogP contribution in [0.5, 0.6) is 5.75 Å². The van der Waals surface area contributed by atoms with Crippen LogP contribution in [0.15, 0.2) is 35.1 Å². The van der Waals surface area contributed by atoms with Crippen molar-refractivity contribution in [3.63, 3.8) is 0 Å². The van der Waals surface area contributed by atoms with Crippen LogP contribution >= 0.6 is 0 Å². The van der Waals surface area contributed by atoms with Gasteiger partial charge in [-0.05, 0) is 31.2 Å². The lowest BCUT2D eigenvalue weighted by Crippen LogP contribution is -1.98. The van der Waals surface area contributed by atoms with E-state index in [0.29, 0.717) is 13.2 Å². The van der Waals surface area contributed by atoms with Gasteiger partial charge in [0, 0.05) is 12.1 Å². The zero-order valence-corrected chi connectivity index (χ0v) is 9.14. The standard InChI is InChI=1S/C12H14N2O2/c1-2-15-10-5-3-9(4-6-10)12-11(7-13)14-8-16-12/h3-6,8H,2,7,13H2,1H3. The van der Waals surface area contributed by atoms with E-state index in [-0.39, 0.29) is 0 Å². The molecule has 1 heterocycles. The van der Waals surface area contributed by atoms with Crippen LogP contribution in [-0.2, 0) is 6.54 Å². The summed E-state index contributed by atoms with van der Waals surface area (Å²) in [6.45, 7) is 2.99. The SMILES string of the molecule is CCOc1ccc(-c2ocnc2CN)cc1. The van der Waals surface area contributed by atoms with E-state index in [4.69, 9.17) is 14.9 Å². The Hall–Kier alpha value is -1.81. The van der Waals surface area contributed by atoms with Gasteiger partial charge >= 0.3 is 0 Å². The zero-order valence-electron chi connectivity index (χ0n) is 9.14. The second-order valence-electron chi connectivity index (χ2n) is 3.29. The Morgan fingerprint density at radius 3 is 2.69 bits per heavy atom. The molecule has 0 fully saturated rings. The molecular weight excluding hydrogens is 204 g/mol. The largest absolute Gasteiger partial charge is 0.494 e. The first kappa shape index (κ1) is 10.7. The van der Waals surface area contributed by atoms with Gasteiger partial charge in [-0.15, -0.1) is 0 Å². The van der Waals surface area contributed by atoms with E-state index >= 15 is 0 Å². The summed E-state index contributed by atoms with van der Waals surface area (Å²) in [6.07, 6.45) is 1.41. The number of nitrogens with zero attached hydrogens (tertiary/aromatic N) is 1. The van der Waals surface area contributed by atoms with E-state index in [1.807, 2.05) is 31.2 Å². The van der Waals surface area contributed by atoms with Crippen LogP contribution in [-0.4, -0.2) is 11.6 Å². The van der Waals surface area contributed by atoms with E-state index in [1.54, 1.807) is 0 Å². The zero-order chi connectivity index (χ0) is 11.4. The summed E-state index contributed by atoms with van der Waals surface area (Å²) in [4.78, 5) is 4.05. The Balaban J connectivity index is 2.27. The fourth-order valence-corrected chi connectivity index (χ4v) is 1.52. The fraction of sp³-hybridized carbons (Fsp3) is 0.250. The molecule has 0 spiro atoms. The third-order valence-corrected chi connectivity index (χ3v) is 2.26. The van der Waals surface area contributed by atoms with Gasteiger partial charge in [-0.2, -0.15) is 0 Å². The van der Waals surface area contributed by atoms with Crippen molar-refractivity contribution in [3.05, 3.63) is 36.4 Å². The molecule has 0 radical (unpaired) electrons. The lowest BCUT2D eigenvalue weighted by molar-refractivity contribution is 0.340. The number of rotatable bonds is 4. The average Bonchev–Trinajstić information content (AvgIpc) is 2.78. The minimum Gasteiger partial charge on any atom is -0.494 e. The van der Waals surface area contributed by atoms with Gasteiger partial charge in [-0.25, -0.2) is 4.98 Å². The minimum absolute atomic E-state index is 0.374. The summed E-state index contributed by atoms with van der Waals surface area (Å²) in [6, 6.07) is 7.68. The summed E-state index contributed by atoms with van der Waals surface area (Å²) in [5.74, 6) is 1.57. The molecule has 0 unspecified atom stereocenters. The van der Waals surface area contributed by atoms with Crippen LogP contribution in [0.1, 0.15) is 12.6 Å². The van der Waals surface area contributed by atoms with Crippen molar-refractivity contribution in [2.24, 2.45) is 5.73 Å². The van der Waals surface area contributed by atoms with Gasteiger partial charge in [-0.1, -0.05) is 0 Å². The summed E-state index contributed by atoms with van der Waals surface area (Å²) in [5, 5.41) is 0. The smallest absolute Gasteiger partial charge is 0.181 e. The van der Waals surface area contributed by atoms with Crippen LogP contribution in [0.25, 0.3) is 11.3 Å². The quantitative estimate of drug-likeness (QED) is 0.854. The molecule has 0 saturated carbocycles. The maximum atomic E-state index is 5.56. The molecule has 4 nitrogen and oxygen atoms in total. The highest BCUT2D eigenvalue weighted by Crippen LogP contribution is 2.24. The highest BCUT2D eigenvalue weighted by Gasteiger charge is 2.08. The summed E-state index contributed by atoms with van der Waals surface area (Å²) >= 11 is 0. The Labute approximate surface area is 94.1 Å². The molecule has 2 rings (SSSR count). The van der Waals surface area contributed by atoms with E-state index in [2.05, 4.69) is 4.98 Å². The summed E-state index contributed by atoms with van der Waals surface area (Å²) in [7, 11) is 0. The number of nitrogens with two attached hydrogens (primary N) is 1. The maximum Gasteiger partial charge on any atom is 0.181 e. The van der Waals surface area contributed by atoms with Crippen molar-refractivity contribution in [2.75, 3.05) is 6.61 Å². The minimum atomic E-state index is 0.374. The molecule has 1 aromatic carbocycles. The third kappa shape index (κ3) is 2.06. The number of hydrogen-bond donors (Lipinski definition) is 1. The molecule has 0 amide bonds. The van der Waals surface area contributed by atoms with Crippen LogP contribution in [0.3, 0.4) is 0 Å². The van der Waals surface area contributed by atoms with Gasteiger partial charge in [0.1, 0.15) is 11.4 Å². The number of benzene rings is 1. The first-order valence-corrected chi connectivity index (χ1v) is 5.20. The average molecular weight is 218 g/mol. The van der Waals surface area contributed by atoms with Crippen LogP contribution < -0.4 is 10.5 Å². The van der Waals surface area contributed by atoms with Crippen LogP contribution in [0.4, 0.5) is 0 Å². The topological polar surface area (TPSA) is 61.3 Å². The molecule has 84 valence electrons. The molecule has 16 heavy (non-hydrogen) atoms. The number of ether oxygens (including phenoxy) is 1. The molecule has 0 saturated heterocycles. The van der Waals surface area contributed by atoms with Crippen LogP contribution in [0, 0.1) is 0 Å². The number of aromatic nitrogens is 1. The van der Waals surface area contributed by atoms with Gasteiger partial charge < -0.3 is 14.9 Å². The van der Waals surface area contributed by atoms with Gasteiger partial charge in [-0.3, -0.25) is 0 Å². The lowest BCUT2D eigenvalue weighted by Gasteiger charge is -2.03.